The van der Waals surface area contributed by atoms with Gasteiger partial charge in [0.1, 0.15) is 0 Å². The van der Waals surface area contributed by atoms with E-state index >= 15 is 0 Å². The number of carbonyl (C=O) groups excluding carboxylic acids is 3. The molecule has 3 aliphatic heterocycles. The first-order valence-electron chi connectivity index (χ1n) is 9.72. The summed E-state index contributed by atoms with van der Waals surface area (Å²) in [5.41, 5.74) is -0.187. The normalized spacial score (nSPS) is 26.5. The van der Waals surface area contributed by atoms with Crippen LogP contribution in [-0.4, -0.2) is 46.8 Å². The van der Waals surface area contributed by atoms with Crippen LogP contribution in [0.4, 0.5) is 16.2 Å². The first-order chi connectivity index (χ1) is 13.9. The average Bonchev–Trinajstić information content (AvgIpc) is 2.95. The number of urea groups is 1. The van der Waals surface area contributed by atoms with Crippen molar-refractivity contribution in [3.05, 3.63) is 46.5 Å². The summed E-state index contributed by atoms with van der Waals surface area (Å²) in [6.07, 6.45) is 4.82. The van der Waals surface area contributed by atoms with Crippen LogP contribution in [0.1, 0.15) is 31.2 Å². The highest BCUT2D eigenvalue weighted by molar-refractivity contribution is 6.20. The Kier molecular flexibility index (Phi) is 4.60. The van der Waals surface area contributed by atoms with Crippen molar-refractivity contribution in [1.82, 2.24) is 10.2 Å². The fraction of sp³-hybridized carbons (Fsp3) is 0.450. The highest BCUT2D eigenvalue weighted by Crippen LogP contribution is 2.47. The van der Waals surface area contributed by atoms with Crippen molar-refractivity contribution in [2.45, 2.75) is 38.1 Å². The minimum absolute atomic E-state index is 0.00574. The summed E-state index contributed by atoms with van der Waals surface area (Å²) >= 11 is 0. The number of fused-ring (bicyclic) bond motifs is 4. The third kappa shape index (κ3) is 2.80. The Morgan fingerprint density at radius 3 is 2.79 bits per heavy atom. The van der Waals surface area contributed by atoms with E-state index in [1.807, 2.05) is 4.90 Å². The predicted molar refractivity (Wildman–Crippen MR) is 104 cm³/mol. The van der Waals surface area contributed by atoms with E-state index in [-0.39, 0.29) is 18.7 Å². The van der Waals surface area contributed by atoms with Gasteiger partial charge in [0, 0.05) is 37.3 Å². The monoisotopic (exact) mass is 398 g/mol. The molecule has 1 aromatic carbocycles. The van der Waals surface area contributed by atoms with Crippen molar-refractivity contribution < 1.29 is 19.3 Å². The number of carbonyl (C=O) groups is 3. The van der Waals surface area contributed by atoms with Gasteiger partial charge in [0.15, 0.2) is 5.41 Å². The van der Waals surface area contributed by atoms with Gasteiger partial charge in [-0.05, 0) is 24.5 Å². The number of imide groups is 2. The van der Waals surface area contributed by atoms with Crippen LogP contribution in [0.25, 0.3) is 0 Å². The quantitative estimate of drug-likeness (QED) is 0.361. The summed E-state index contributed by atoms with van der Waals surface area (Å²) in [6.45, 7) is 4.24. The molecule has 9 nitrogen and oxygen atoms in total. The fourth-order valence-corrected chi connectivity index (χ4v) is 4.89. The molecule has 1 spiro atoms. The van der Waals surface area contributed by atoms with Gasteiger partial charge < -0.3 is 4.90 Å². The molecule has 3 aliphatic rings. The molecule has 0 radical (unpaired) electrons. The van der Waals surface area contributed by atoms with Crippen LogP contribution in [0.15, 0.2) is 30.9 Å². The highest BCUT2D eigenvalue weighted by Gasteiger charge is 2.61. The maximum atomic E-state index is 13.5. The molecule has 4 amide bonds. The zero-order valence-electron chi connectivity index (χ0n) is 15.9. The van der Waals surface area contributed by atoms with Crippen LogP contribution in [0.3, 0.4) is 0 Å². The van der Waals surface area contributed by atoms with Gasteiger partial charge in [0.2, 0.25) is 11.8 Å². The molecular formula is C20H22N4O5. The zero-order valence-corrected chi connectivity index (χ0v) is 15.9. The molecule has 29 heavy (non-hydrogen) atoms. The maximum absolute atomic E-state index is 13.5. The van der Waals surface area contributed by atoms with Gasteiger partial charge in [-0.3, -0.25) is 29.9 Å². The molecule has 0 aliphatic carbocycles. The van der Waals surface area contributed by atoms with Crippen molar-refractivity contribution in [3.63, 3.8) is 0 Å². The number of rotatable bonds is 3. The average molecular weight is 398 g/mol. The number of nitrogens with zero attached hydrogens (tertiary/aromatic N) is 3. The van der Waals surface area contributed by atoms with E-state index in [1.165, 1.54) is 18.2 Å². The summed E-state index contributed by atoms with van der Waals surface area (Å²) in [5, 5.41) is 13.6. The molecule has 4 rings (SSSR count). The third-order valence-electron chi connectivity index (χ3n) is 6.18. The maximum Gasteiger partial charge on any atom is 0.331 e. The van der Waals surface area contributed by atoms with Crippen LogP contribution in [-0.2, 0) is 16.0 Å². The lowest BCUT2D eigenvalue weighted by Crippen LogP contribution is -2.72. The lowest BCUT2D eigenvalue weighted by atomic mass is 9.67. The SMILES string of the molecule is C=CCN1C(=O)NC(=O)[C@]2(Cc3cc([N+](=O)[O-])ccc3N3CCCCC[C@@H]32)C1=O. The molecule has 0 aromatic heterocycles. The Bertz CT molecular complexity index is 929. The van der Waals surface area contributed by atoms with Gasteiger partial charge in [-0.15, -0.1) is 6.58 Å². The topological polar surface area (TPSA) is 113 Å². The largest absolute Gasteiger partial charge is 0.367 e. The summed E-state index contributed by atoms with van der Waals surface area (Å²) in [4.78, 5) is 52.8. The van der Waals surface area contributed by atoms with Gasteiger partial charge in [-0.1, -0.05) is 18.9 Å². The number of anilines is 1. The van der Waals surface area contributed by atoms with Crippen LogP contribution in [0, 0.1) is 15.5 Å². The molecule has 2 atom stereocenters. The number of hydrogen-bond acceptors (Lipinski definition) is 6. The van der Waals surface area contributed by atoms with Crippen LogP contribution < -0.4 is 10.2 Å². The fourth-order valence-electron chi connectivity index (χ4n) is 4.89. The Labute approximate surface area is 167 Å². The van der Waals surface area contributed by atoms with E-state index in [9.17, 15) is 24.5 Å². The molecule has 2 fully saturated rings. The van der Waals surface area contributed by atoms with Crippen molar-refractivity contribution in [3.8, 4) is 0 Å². The molecule has 152 valence electrons. The molecule has 0 saturated carbocycles. The van der Waals surface area contributed by atoms with E-state index in [2.05, 4.69) is 11.9 Å². The number of amides is 4. The molecule has 9 heteroatoms. The van der Waals surface area contributed by atoms with E-state index < -0.39 is 34.2 Å². The second kappa shape index (κ2) is 6.98. The summed E-state index contributed by atoms with van der Waals surface area (Å²) in [7, 11) is 0. The van der Waals surface area contributed by atoms with Gasteiger partial charge in [-0.2, -0.15) is 0 Å². The lowest BCUT2D eigenvalue weighted by molar-refractivity contribution is -0.384. The summed E-state index contributed by atoms with van der Waals surface area (Å²) in [5.74, 6) is -1.18. The van der Waals surface area contributed by atoms with Gasteiger partial charge in [0.25, 0.3) is 5.69 Å². The van der Waals surface area contributed by atoms with Crippen molar-refractivity contribution in [2.75, 3.05) is 18.0 Å². The van der Waals surface area contributed by atoms with Crippen molar-refractivity contribution >= 4 is 29.2 Å². The number of hydrogen-bond donors (Lipinski definition) is 1. The highest BCUT2D eigenvalue weighted by atomic mass is 16.6. The van der Waals surface area contributed by atoms with E-state index in [4.69, 9.17) is 0 Å². The number of nitro groups is 1. The number of nitrogens with one attached hydrogen (secondary N) is 1. The summed E-state index contributed by atoms with van der Waals surface area (Å²) < 4.78 is 0. The Morgan fingerprint density at radius 1 is 1.28 bits per heavy atom. The minimum atomic E-state index is -1.50. The Balaban J connectivity index is 1.89. The van der Waals surface area contributed by atoms with E-state index in [0.717, 1.165) is 29.8 Å². The van der Waals surface area contributed by atoms with Gasteiger partial charge in [0.05, 0.1) is 11.0 Å². The smallest absolute Gasteiger partial charge is 0.331 e. The van der Waals surface area contributed by atoms with E-state index in [0.29, 0.717) is 18.5 Å². The van der Waals surface area contributed by atoms with Crippen LogP contribution >= 0.6 is 0 Å². The Hall–Kier alpha value is -3.23. The molecule has 2 saturated heterocycles. The van der Waals surface area contributed by atoms with Crippen LogP contribution in [0.2, 0.25) is 0 Å². The Morgan fingerprint density at radius 2 is 2.07 bits per heavy atom. The molecule has 3 heterocycles. The predicted octanol–water partition coefficient (Wildman–Crippen LogP) is 2.15. The van der Waals surface area contributed by atoms with Crippen molar-refractivity contribution in [2.24, 2.45) is 5.41 Å². The number of non-ortho nitro benzene ring substituents is 1. The minimum Gasteiger partial charge on any atom is -0.367 e. The third-order valence-corrected chi connectivity index (χ3v) is 6.18. The first kappa shape index (κ1) is 19.1. The van der Waals surface area contributed by atoms with Gasteiger partial charge >= 0.3 is 6.03 Å². The number of barbiturate groups is 1. The standard InChI is InChI=1S/C20H22N4O5/c1-2-9-23-18(26)20(17(25)21-19(23)27)12-13-11-14(24(28)29)7-8-15(13)22-10-5-3-4-6-16(20)22/h2,7-8,11,16H,1,3-6,9-10,12H2,(H,21,25,27)/t16-,20-/m1/s1. The lowest BCUT2D eigenvalue weighted by Gasteiger charge is -2.51. The number of nitro benzene ring substituents is 1. The molecule has 0 unspecified atom stereocenters. The molecule has 0 bridgehead atoms. The second-order valence-electron chi connectivity index (χ2n) is 7.74. The zero-order chi connectivity index (χ0) is 20.8. The number of benzene rings is 1. The van der Waals surface area contributed by atoms with Crippen LogP contribution in [0.5, 0.6) is 0 Å². The first-order valence-corrected chi connectivity index (χ1v) is 9.72. The molecule has 1 aromatic rings. The second-order valence-corrected chi connectivity index (χ2v) is 7.74. The van der Waals surface area contributed by atoms with Crippen molar-refractivity contribution in [1.29, 1.82) is 0 Å². The van der Waals surface area contributed by atoms with E-state index in [1.54, 1.807) is 6.07 Å². The summed E-state index contributed by atoms with van der Waals surface area (Å²) in [6, 6.07) is 3.43. The molecular weight excluding hydrogens is 376 g/mol. The van der Waals surface area contributed by atoms with Gasteiger partial charge in [-0.25, -0.2) is 4.79 Å². The molecule has 1 N–H and O–H groups in total.